The van der Waals surface area contributed by atoms with E-state index in [-0.39, 0.29) is 0 Å². The quantitative estimate of drug-likeness (QED) is 0.847. The molecule has 1 aromatic carbocycles. The number of nitrogens with zero attached hydrogens (tertiary/aromatic N) is 1. The molecule has 3 N–H and O–H groups in total. The molecule has 3 rings (SSSR count). The maximum atomic E-state index is 5.64. The zero-order valence-corrected chi connectivity index (χ0v) is 10.3. The number of nitrogens with one attached hydrogen (secondary N) is 1. The van der Waals surface area contributed by atoms with Crippen LogP contribution in [-0.4, -0.2) is 11.5 Å². The van der Waals surface area contributed by atoms with Crippen molar-refractivity contribution >= 4 is 5.69 Å². The number of nitrogens with two attached hydrogens (primary N) is 1. The van der Waals surface area contributed by atoms with Gasteiger partial charge in [-0.1, -0.05) is 24.3 Å². The van der Waals surface area contributed by atoms with Crippen molar-refractivity contribution in [2.45, 2.75) is 18.9 Å². The molecule has 0 spiro atoms. The average Bonchev–Trinajstić information content (AvgIpc) is 2.94. The molecule has 1 atom stereocenters. The van der Waals surface area contributed by atoms with Crippen molar-refractivity contribution in [3.05, 3.63) is 48.2 Å². The van der Waals surface area contributed by atoms with Gasteiger partial charge in [0.15, 0.2) is 0 Å². The minimum atomic E-state index is 0.526. The van der Waals surface area contributed by atoms with Crippen molar-refractivity contribution in [1.29, 1.82) is 0 Å². The molecule has 1 aromatic heterocycles. The smallest absolute Gasteiger partial charge is 0.0703 e. The van der Waals surface area contributed by atoms with Crippen LogP contribution >= 0.6 is 0 Å². The molecule has 1 aliphatic heterocycles. The third kappa shape index (κ3) is 2.22. The molecule has 0 amide bonds. The normalized spacial score (nSPS) is 19.0. The van der Waals surface area contributed by atoms with Crippen LogP contribution in [-0.2, 0) is 0 Å². The number of anilines is 1. The lowest BCUT2D eigenvalue weighted by atomic mass is 10.0. The summed E-state index contributed by atoms with van der Waals surface area (Å²) in [6, 6.07) is 13.0. The number of hydrogen-bond acceptors (Lipinski definition) is 3. The van der Waals surface area contributed by atoms with E-state index in [0.717, 1.165) is 17.8 Å². The summed E-state index contributed by atoms with van der Waals surface area (Å²) in [7, 11) is 0. The van der Waals surface area contributed by atoms with Gasteiger partial charge in [-0.25, -0.2) is 0 Å². The Morgan fingerprint density at radius 3 is 2.56 bits per heavy atom. The zero-order chi connectivity index (χ0) is 12.4. The van der Waals surface area contributed by atoms with E-state index in [1.165, 1.54) is 18.4 Å². The first-order valence-electron chi connectivity index (χ1n) is 6.38. The molecule has 18 heavy (non-hydrogen) atoms. The highest BCUT2D eigenvalue weighted by Gasteiger charge is 2.15. The van der Waals surface area contributed by atoms with Crippen molar-refractivity contribution in [3.63, 3.8) is 0 Å². The minimum absolute atomic E-state index is 0.526. The van der Waals surface area contributed by atoms with Gasteiger partial charge in [-0.15, -0.1) is 0 Å². The van der Waals surface area contributed by atoms with Crippen molar-refractivity contribution in [3.8, 4) is 11.3 Å². The Hall–Kier alpha value is -1.87. The summed E-state index contributed by atoms with van der Waals surface area (Å²) in [5, 5.41) is 3.51. The fraction of sp³-hybridized carbons (Fsp3) is 0.267. The van der Waals surface area contributed by atoms with Crippen LogP contribution in [0.15, 0.2) is 42.6 Å². The molecular weight excluding hydrogens is 222 g/mol. The van der Waals surface area contributed by atoms with E-state index in [1.807, 2.05) is 12.1 Å². The van der Waals surface area contributed by atoms with Gasteiger partial charge in [0.1, 0.15) is 0 Å². The Bertz CT molecular complexity index is 510. The van der Waals surface area contributed by atoms with Crippen molar-refractivity contribution in [2.75, 3.05) is 12.3 Å². The molecular formula is C15H17N3. The maximum absolute atomic E-state index is 5.64. The van der Waals surface area contributed by atoms with Crippen molar-refractivity contribution in [2.24, 2.45) is 0 Å². The summed E-state index contributed by atoms with van der Waals surface area (Å²) < 4.78 is 0. The van der Waals surface area contributed by atoms with E-state index < -0.39 is 0 Å². The van der Waals surface area contributed by atoms with Crippen LogP contribution in [0.1, 0.15) is 24.4 Å². The van der Waals surface area contributed by atoms with Gasteiger partial charge >= 0.3 is 0 Å². The predicted octanol–water partition coefficient (Wildman–Crippen LogP) is 2.76. The molecule has 0 radical (unpaired) electrons. The minimum Gasteiger partial charge on any atom is -0.397 e. The van der Waals surface area contributed by atoms with E-state index >= 15 is 0 Å². The highest BCUT2D eigenvalue weighted by atomic mass is 14.9. The molecule has 0 aliphatic carbocycles. The Balaban J connectivity index is 1.84. The molecule has 3 nitrogen and oxygen atoms in total. The molecule has 0 bridgehead atoms. The van der Waals surface area contributed by atoms with E-state index in [2.05, 4.69) is 34.6 Å². The first kappa shape index (κ1) is 11.2. The predicted molar refractivity (Wildman–Crippen MR) is 74.1 cm³/mol. The van der Waals surface area contributed by atoms with E-state index in [1.54, 1.807) is 6.20 Å². The fourth-order valence-electron chi connectivity index (χ4n) is 2.43. The van der Waals surface area contributed by atoms with Gasteiger partial charge in [-0.2, -0.15) is 0 Å². The molecule has 0 saturated carbocycles. The molecule has 1 unspecified atom stereocenters. The van der Waals surface area contributed by atoms with Crippen LogP contribution in [0.3, 0.4) is 0 Å². The SMILES string of the molecule is Nc1ccc(-c2ccc(C3CCCN3)cc2)nc1. The largest absolute Gasteiger partial charge is 0.397 e. The van der Waals surface area contributed by atoms with Crippen LogP contribution in [0.4, 0.5) is 5.69 Å². The topological polar surface area (TPSA) is 50.9 Å². The first-order valence-corrected chi connectivity index (χ1v) is 6.38. The average molecular weight is 239 g/mol. The second kappa shape index (κ2) is 4.78. The summed E-state index contributed by atoms with van der Waals surface area (Å²) in [4.78, 5) is 4.34. The van der Waals surface area contributed by atoms with Crippen LogP contribution in [0.5, 0.6) is 0 Å². The number of hydrogen-bond donors (Lipinski definition) is 2. The molecule has 1 fully saturated rings. The number of aromatic nitrogens is 1. The molecule has 92 valence electrons. The van der Waals surface area contributed by atoms with E-state index in [0.29, 0.717) is 11.7 Å². The molecule has 2 aromatic rings. The number of pyridine rings is 1. The zero-order valence-electron chi connectivity index (χ0n) is 10.3. The Labute approximate surface area is 107 Å². The lowest BCUT2D eigenvalue weighted by Gasteiger charge is -2.11. The summed E-state index contributed by atoms with van der Waals surface area (Å²) in [6.45, 7) is 1.13. The molecule has 2 heterocycles. The van der Waals surface area contributed by atoms with Gasteiger partial charge in [0.05, 0.1) is 17.6 Å². The third-order valence-electron chi connectivity index (χ3n) is 3.46. The van der Waals surface area contributed by atoms with Crippen LogP contribution in [0, 0.1) is 0 Å². The fourth-order valence-corrected chi connectivity index (χ4v) is 2.43. The Morgan fingerprint density at radius 2 is 1.94 bits per heavy atom. The van der Waals surface area contributed by atoms with Gasteiger partial charge in [-0.3, -0.25) is 4.98 Å². The van der Waals surface area contributed by atoms with Crippen LogP contribution in [0.25, 0.3) is 11.3 Å². The lowest BCUT2D eigenvalue weighted by Crippen LogP contribution is -2.12. The molecule has 3 heteroatoms. The third-order valence-corrected chi connectivity index (χ3v) is 3.46. The van der Waals surface area contributed by atoms with E-state index in [9.17, 15) is 0 Å². The van der Waals surface area contributed by atoms with Crippen LogP contribution in [0.2, 0.25) is 0 Å². The van der Waals surface area contributed by atoms with Crippen molar-refractivity contribution < 1.29 is 0 Å². The number of benzene rings is 1. The standard InChI is InChI=1S/C15H17N3/c16-13-7-8-15(18-10-13)12-5-3-11(4-6-12)14-2-1-9-17-14/h3-8,10,14,17H,1-2,9,16H2. The monoisotopic (exact) mass is 239 g/mol. The second-order valence-corrected chi connectivity index (χ2v) is 4.75. The summed E-state index contributed by atoms with van der Waals surface area (Å²) in [5.74, 6) is 0. The Morgan fingerprint density at radius 1 is 1.11 bits per heavy atom. The van der Waals surface area contributed by atoms with Crippen LogP contribution < -0.4 is 11.1 Å². The summed E-state index contributed by atoms with van der Waals surface area (Å²) in [6.07, 6.45) is 4.20. The molecule has 1 aliphatic rings. The molecule has 1 saturated heterocycles. The highest BCUT2D eigenvalue weighted by molar-refractivity contribution is 5.61. The van der Waals surface area contributed by atoms with Gasteiger partial charge in [-0.05, 0) is 37.1 Å². The Kier molecular flexibility index (Phi) is 2.99. The summed E-state index contributed by atoms with van der Waals surface area (Å²) in [5.41, 5.74) is 9.81. The first-order chi connectivity index (χ1) is 8.83. The summed E-state index contributed by atoms with van der Waals surface area (Å²) >= 11 is 0. The number of rotatable bonds is 2. The van der Waals surface area contributed by atoms with E-state index in [4.69, 9.17) is 5.73 Å². The second-order valence-electron chi connectivity index (χ2n) is 4.75. The lowest BCUT2D eigenvalue weighted by molar-refractivity contribution is 0.648. The number of nitrogen functional groups attached to an aromatic ring is 1. The van der Waals surface area contributed by atoms with Gasteiger partial charge in [0.2, 0.25) is 0 Å². The van der Waals surface area contributed by atoms with Crippen molar-refractivity contribution in [1.82, 2.24) is 10.3 Å². The maximum Gasteiger partial charge on any atom is 0.0703 e. The van der Waals surface area contributed by atoms with Gasteiger partial charge in [0, 0.05) is 11.6 Å². The van der Waals surface area contributed by atoms with Gasteiger partial charge in [0.25, 0.3) is 0 Å². The van der Waals surface area contributed by atoms with Gasteiger partial charge < -0.3 is 11.1 Å². The highest BCUT2D eigenvalue weighted by Crippen LogP contribution is 2.25.